The number of rotatable bonds is 11. The second kappa shape index (κ2) is 9.90. The van der Waals surface area contributed by atoms with Crippen LogP contribution in [0.5, 0.6) is 5.75 Å². The van der Waals surface area contributed by atoms with E-state index in [1.165, 1.54) is 0 Å². The molecule has 0 saturated carbocycles. The van der Waals surface area contributed by atoms with E-state index in [2.05, 4.69) is 10.6 Å². The van der Waals surface area contributed by atoms with E-state index < -0.39 is 12.2 Å². The predicted octanol–water partition coefficient (Wildman–Crippen LogP) is 4.59. The number of para-hydroxylation sites is 1. The first kappa shape index (κ1) is 21.3. The molecule has 6 heteroatoms. The Morgan fingerprint density at radius 1 is 0.935 bits per heavy atom. The fraction of sp³-hybridized carbons (Fsp3) is 0.320. The molecule has 0 spiro atoms. The molecule has 5 nitrogen and oxygen atoms in total. The summed E-state index contributed by atoms with van der Waals surface area (Å²) in [5, 5.41) is 2.18. The van der Waals surface area contributed by atoms with Gasteiger partial charge >= 0.3 is 0 Å². The van der Waals surface area contributed by atoms with E-state index >= 15 is 0 Å². The SMILES string of the molecule is O=CC1(n2c3ccccc3c3ccc(OCCOCCOCCF)cc32)C=CC=CC1. The summed E-state index contributed by atoms with van der Waals surface area (Å²) in [4.78, 5) is 12.3. The third kappa shape index (κ3) is 4.40. The van der Waals surface area contributed by atoms with Crippen LogP contribution >= 0.6 is 0 Å². The van der Waals surface area contributed by atoms with Crippen LogP contribution in [0.2, 0.25) is 0 Å². The fourth-order valence-electron chi connectivity index (χ4n) is 4.02. The molecule has 1 aliphatic rings. The van der Waals surface area contributed by atoms with Gasteiger partial charge < -0.3 is 23.6 Å². The van der Waals surface area contributed by atoms with Crippen molar-refractivity contribution in [1.29, 1.82) is 0 Å². The highest BCUT2D eigenvalue weighted by Gasteiger charge is 2.32. The van der Waals surface area contributed by atoms with Crippen molar-refractivity contribution in [3.63, 3.8) is 0 Å². The number of nitrogens with zero attached hydrogens (tertiary/aromatic N) is 1. The van der Waals surface area contributed by atoms with Gasteiger partial charge in [-0.3, -0.25) is 0 Å². The van der Waals surface area contributed by atoms with Gasteiger partial charge in [0.15, 0.2) is 0 Å². The highest BCUT2D eigenvalue weighted by molar-refractivity contribution is 6.09. The summed E-state index contributed by atoms with van der Waals surface area (Å²) in [6, 6.07) is 14.1. The number of hydrogen-bond acceptors (Lipinski definition) is 4. The molecule has 162 valence electrons. The van der Waals surface area contributed by atoms with E-state index in [0.29, 0.717) is 38.6 Å². The van der Waals surface area contributed by atoms with Crippen LogP contribution in [0.25, 0.3) is 21.8 Å². The summed E-state index contributed by atoms with van der Waals surface area (Å²) in [5.74, 6) is 0.713. The molecule has 0 fully saturated rings. The maximum atomic E-state index is 12.3. The lowest BCUT2D eigenvalue weighted by Crippen LogP contribution is -2.33. The fourth-order valence-corrected chi connectivity index (χ4v) is 4.02. The lowest BCUT2D eigenvalue weighted by molar-refractivity contribution is -0.113. The van der Waals surface area contributed by atoms with E-state index in [1.54, 1.807) is 0 Å². The molecule has 1 atom stereocenters. The second-order valence-electron chi connectivity index (χ2n) is 7.39. The minimum Gasteiger partial charge on any atom is -0.491 e. The summed E-state index contributed by atoms with van der Waals surface area (Å²) >= 11 is 0. The van der Waals surface area contributed by atoms with Crippen LogP contribution in [0, 0.1) is 0 Å². The molecule has 2 aromatic carbocycles. The zero-order valence-corrected chi connectivity index (χ0v) is 17.3. The summed E-state index contributed by atoms with van der Waals surface area (Å²) < 4.78 is 30.4. The van der Waals surface area contributed by atoms with Gasteiger partial charge in [0, 0.05) is 16.8 Å². The average Bonchev–Trinajstić information content (AvgIpc) is 3.15. The Kier molecular flexibility index (Phi) is 6.79. The zero-order valence-electron chi connectivity index (χ0n) is 17.3. The van der Waals surface area contributed by atoms with Gasteiger partial charge in [-0.15, -0.1) is 0 Å². The number of allylic oxidation sites excluding steroid dienone is 4. The molecule has 4 rings (SSSR count). The van der Waals surface area contributed by atoms with E-state index in [0.717, 1.165) is 28.1 Å². The molecule has 3 aromatic rings. The van der Waals surface area contributed by atoms with Crippen molar-refractivity contribution in [1.82, 2.24) is 4.57 Å². The number of halogens is 1. The Morgan fingerprint density at radius 3 is 2.48 bits per heavy atom. The van der Waals surface area contributed by atoms with Gasteiger partial charge in [-0.2, -0.15) is 0 Å². The van der Waals surface area contributed by atoms with Crippen LogP contribution < -0.4 is 4.74 Å². The van der Waals surface area contributed by atoms with E-state index in [4.69, 9.17) is 14.2 Å². The molecule has 1 aromatic heterocycles. The Bertz CT molecular complexity index is 1100. The molecule has 0 bridgehead atoms. The molecule has 0 radical (unpaired) electrons. The standard InChI is InChI=1S/C25H26FNO4/c26-12-13-29-14-15-30-16-17-31-20-8-9-22-21-6-2-3-7-23(21)27(24(22)18-20)25(19-28)10-4-1-5-11-25/h1-10,18-19H,11-17H2. The van der Waals surface area contributed by atoms with Gasteiger partial charge in [0.05, 0.1) is 37.5 Å². The van der Waals surface area contributed by atoms with E-state index in [9.17, 15) is 9.18 Å². The van der Waals surface area contributed by atoms with Gasteiger partial charge in [-0.25, -0.2) is 4.39 Å². The molecular formula is C25H26FNO4. The molecular weight excluding hydrogens is 397 g/mol. The summed E-state index contributed by atoms with van der Waals surface area (Å²) in [5.41, 5.74) is 1.20. The number of benzene rings is 2. The van der Waals surface area contributed by atoms with Gasteiger partial charge in [0.25, 0.3) is 0 Å². The first-order valence-electron chi connectivity index (χ1n) is 10.5. The maximum Gasteiger partial charge on any atom is 0.150 e. The van der Waals surface area contributed by atoms with Crippen LogP contribution in [-0.4, -0.2) is 50.6 Å². The van der Waals surface area contributed by atoms with Gasteiger partial charge in [-0.1, -0.05) is 42.5 Å². The number of hydrogen-bond donors (Lipinski definition) is 0. The Labute approximate surface area is 180 Å². The highest BCUT2D eigenvalue weighted by Crippen LogP contribution is 2.38. The average molecular weight is 423 g/mol. The molecule has 1 heterocycles. The van der Waals surface area contributed by atoms with Crippen molar-refractivity contribution in [2.24, 2.45) is 0 Å². The van der Waals surface area contributed by atoms with E-state index in [1.807, 2.05) is 60.7 Å². The van der Waals surface area contributed by atoms with Crippen molar-refractivity contribution in [3.05, 3.63) is 66.8 Å². The number of alkyl halides is 1. The van der Waals surface area contributed by atoms with Crippen molar-refractivity contribution in [3.8, 4) is 5.75 Å². The van der Waals surface area contributed by atoms with Crippen molar-refractivity contribution in [2.75, 3.05) is 39.7 Å². The van der Waals surface area contributed by atoms with Crippen molar-refractivity contribution < 1.29 is 23.4 Å². The Morgan fingerprint density at radius 2 is 1.71 bits per heavy atom. The largest absolute Gasteiger partial charge is 0.491 e. The quantitative estimate of drug-likeness (QED) is 0.334. The van der Waals surface area contributed by atoms with Crippen LogP contribution in [0.3, 0.4) is 0 Å². The zero-order chi connectivity index (χ0) is 21.5. The molecule has 0 saturated heterocycles. The van der Waals surface area contributed by atoms with Gasteiger partial charge in [0.2, 0.25) is 0 Å². The monoisotopic (exact) mass is 423 g/mol. The summed E-state index contributed by atoms with van der Waals surface area (Å²) in [6.07, 6.45) is 9.48. The highest BCUT2D eigenvalue weighted by atomic mass is 19.1. The lowest BCUT2D eigenvalue weighted by atomic mass is 9.92. The Hall–Kier alpha value is -2.96. The normalized spacial score (nSPS) is 18.1. The third-order valence-electron chi connectivity index (χ3n) is 5.43. The molecule has 1 unspecified atom stereocenters. The molecule has 31 heavy (non-hydrogen) atoms. The smallest absolute Gasteiger partial charge is 0.150 e. The molecule has 0 aliphatic heterocycles. The number of aldehydes is 1. The van der Waals surface area contributed by atoms with Crippen molar-refractivity contribution >= 4 is 28.1 Å². The summed E-state index contributed by atoms with van der Waals surface area (Å²) in [7, 11) is 0. The topological polar surface area (TPSA) is 49.7 Å². The maximum absolute atomic E-state index is 12.3. The number of carbonyl (C=O) groups is 1. The number of fused-ring (bicyclic) bond motifs is 3. The second-order valence-corrected chi connectivity index (χ2v) is 7.39. The van der Waals surface area contributed by atoms with Gasteiger partial charge in [0.1, 0.15) is 30.9 Å². The van der Waals surface area contributed by atoms with Crippen LogP contribution in [-0.2, 0) is 19.8 Å². The first-order chi connectivity index (χ1) is 15.3. The minimum absolute atomic E-state index is 0.0983. The predicted molar refractivity (Wildman–Crippen MR) is 119 cm³/mol. The van der Waals surface area contributed by atoms with Crippen LogP contribution in [0.1, 0.15) is 6.42 Å². The molecule has 0 N–H and O–H groups in total. The molecule has 0 amide bonds. The summed E-state index contributed by atoms with van der Waals surface area (Å²) in [6.45, 7) is 1.17. The van der Waals surface area contributed by atoms with Gasteiger partial charge in [-0.05, 0) is 24.6 Å². The van der Waals surface area contributed by atoms with E-state index in [-0.39, 0.29) is 6.61 Å². The van der Waals surface area contributed by atoms with Crippen LogP contribution in [0.4, 0.5) is 4.39 Å². The number of ether oxygens (including phenoxy) is 3. The number of carbonyl (C=O) groups excluding carboxylic acids is 1. The first-order valence-corrected chi connectivity index (χ1v) is 10.5. The number of aromatic nitrogens is 1. The lowest BCUT2D eigenvalue weighted by Gasteiger charge is -2.29. The third-order valence-corrected chi connectivity index (χ3v) is 5.43. The molecule has 1 aliphatic carbocycles. The minimum atomic E-state index is -0.766. The van der Waals surface area contributed by atoms with Crippen molar-refractivity contribution in [2.45, 2.75) is 12.0 Å². The van der Waals surface area contributed by atoms with Crippen LogP contribution in [0.15, 0.2) is 66.8 Å². The Balaban J connectivity index is 1.57.